The summed E-state index contributed by atoms with van der Waals surface area (Å²) in [7, 11) is 1.51. The van der Waals surface area contributed by atoms with E-state index in [0.717, 1.165) is 12.1 Å². The normalized spacial score (nSPS) is 11.2. The fourth-order valence-corrected chi connectivity index (χ4v) is 1.83. The van der Waals surface area contributed by atoms with Crippen LogP contribution in [0.2, 0.25) is 0 Å². The van der Waals surface area contributed by atoms with Crippen molar-refractivity contribution < 1.29 is 23.1 Å². The number of nitrogen functional groups attached to an aromatic ring is 1. The van der Waals surface area contributed by atoms with Crippen molar-refractivity contribution in [1.29, 1.82) is 0 Å². The quantitative estimate of drug-likeness (QED) is 0.744. The zero-order valence-electron chi connectivity index (χ0n) is 11.1. The third-order valence-corrected chi connectivity index (χ3v) is 2.69. The molecule has 0 radical (unpaired) electrons. The molecule has 0 aliphatic heterocycles. The Morgan fingerprint density at radius 3 is 2.50 bits per heavy atom. The first-order chi connectivity index (χ1) is 9.16. The number of carboxylic acid groups (broad SMARTS) is 1. The summed E-state index contributed by atoms with van der Waals surface area (Å²) in [6, 6.07) is 1.84. The van der Waals surface area contributed by atoms with E-state index in [1.807, 2.05) is 12.2 Å². The van der Waals surface area contributed by atoms with Crippen LogP contribution in [0.4, 0.5) is 35.0 Å². The highest BCUT2D eigenvalue weighted by molar-refractivity contribution is 5.89. The van der Waals surface area contributed by atoms with E-state index in [0.29, 0.717) is 13.0 Å². The highest BCUT2D eigenvalue weighted by Crippen LogP contribution is 2.40. The number of halogens is 3. The zero-order chi connectivity index (χ0) is 15.5. The predicted octanol–water partition coefficient (Wildman–Crippen LogP) is 3.22. The van der Waals surface area contributed by atoms with Crippen molar-refractivity contribution in [2.24, 2.45) is 0 Å². The molecule has 0 heterocycles. The van der Waals surface area contributed by atoms with Crippen molar-refractivity contribution in [2.45, 2.75) is 19.5 Å². The summed E-state index contributed by atoms with van der Waals surface area (Å²) < 4.78 is 39.0. The Labute approximate surface area is 114 Å². The first-order valence-electron chi connectivity index (χ1n) is 5.88. The van der Waals surface area contributed by atoms with Crippen LogP contribution in [0.15, 0.2) is 12.1 Å². The first kappa shape index (κ1) is 15.9. The molecule has 0 saturated heterocycles. The number of anilines is 3. The maximum atomic E-state index is 13.0. The molecule has 0 aliphatic rings. The lowest BCUT2D eigenvalue weighted by molar-refractivity contribution is -0.137. The molecule has 0 atom stereocenters. The fourth-order valence-electron chi connectivity index (χ4n) is 1.83. The van der Waals surface area contributed by atoms with Gasteiger partial charge in [-0.1, -0.05) is 6.92 Å². The zero-order valence-corrected chi connectivity index (χ0v) is 11.1. The van der Waals surface area contributed by atoms with E-state index in [2.05, 4.69) is 0 Å². The summed E-state index contributed by atoms with van der Waals surface area (Å²) in [5, 5.41) is 10.6. The number of benzene rings is 1. The minimum Gasteiger partial charge on any atom is -0.465 e. The largest absolute Gasteiger partial charge is 0.465 e. The molecule has 0 aliphatic carbocycles. The SMILES string of the molecule is CCCN(C)c1cc(NC(=O)O)c(N)cc1C(F)(F)F. The topological polar surface area (TPSA) is 78.6 Å². The van der Waals surface area contributed by atoms with Crippen LogP contribution in [0.1, 0.15) is 18.9 Å². The van der Waals surface area contributed by atoms with Gasteiger partial charge in [-0.05, 0) is 18.6 Å². The predicted molar refractivity (Wildman–Crippen MR) is 71.1 cm³/mol. The Hall–Kier alpha value is -2.12. The van der Waals surface area contributed by atoms with Gasteiger partial charge in [0.1, 0.15) is 0 Å². The van der Waals surface area contributed by atoms with E-state index in [1.54, 1.807) is 0 Å². The van der Waals surface area contributed by atoms with E-state index in [-0.39, 0.29) is 17.1 Å². The van der Waals surface area contributed by atoms with Crippen LogP contribution < -0.4 is 16.0 Å². The summed E-state index contributed by atoms with van der Waals surface area (Å²) >= 11 is 0. The maximum absolute atomic E-state index is 13.0. The minimum atomic E-state index is -4.56. The second-order valence-electron chi connectivity index (χ2n) is 4.31. The Kier molecular flexibility index (Phi) is 4.69. The van der Waals surface area contributed by atoms with E-state index in [9.17, 15) is 18.0 Å². The van der Waals surface area contributed by atoms with Crippen LogP contribution in [0.25, 0.3) is 0 Å². The van der Waals surface area contributed by atoms with Gasteiger partial charge in [-0.15, -0.1) is 0 Å². The molecule has 20 heavy (non-hydrogen) atoms. The Balaban J connectivity index is 3.37. The molecular weight excluding hydrogens is 275 g/mol. The number of hydrogen-bond donors (Lipinski definition) is 3. The monoisotopic (exact) mass is 291 g/mol. The maximum Gasteiger partial charge on any atom is 0.418 e. The number of hydrogen-bond acceptors (Lipinski definition) is 3. The molecule has 0 fully saturated rings. The molecule has 1 amide bonds. The molecule has 1 aromatic carbocycles. The van der Waals surface area contributed by atoms with Gasteiger partial charge in [0.05, 0.1) is 22.6 Å². The van der Waals surface area contributed by atoms with Crippen LogP contribution >= 0.6 is 0 Å². The molecule has 8 heteroatoms. The number of nitrogens with zero attached hydrogens (tertiary/aromatic N) is 1. The number of amides is 1. The van der Waals surface area contributed by atoms with E-state index in [4.69, 9.17) is 10.8 Å². The summed E-state index contributed by atoms with van der Waals surface area (Å²) in [4.78, 5) is 12.0. The molecule has 5 nitrogen and oxygen atoms in total. The van der Waals surface area contributed by atoms with Gasteiger partial charge < -0.3 is 15.7 Å². The third-order valence-electron chi connectivity index (χ3n) is 2.69. The van der Waals surface area contributed by atoms with E-state index < -0.39 is 17.8 Å². The van der Waals surface area contributed by atoms with Gasteiger partial charge in [0.25, 0.3) is 0 Å². The molecular formula is C12H16F3N3O2. The Morgan fingerprint density at radius 1 is 1.45 bits per heavy atom. The molecule has 0 saturated carbocycles. The van der Waals surface area contributed by atoms with Crippen LogP contribution in [-0.2, 0) is 6.18 Å². The van der Waals surface area contributed by atoms with E-state index >= 15 is 0 Å². The molecule has 0 spiro atoms. The highest BCUT2D eigenvalue weighted by atomic mass is 19.4. The lowest BCUT2D eigenvalue weighted by atomic mass is 10.1. The average Bonchev–Trinajstić information content (AvgIpc) is 2.29. The molecule has 1 aromatic rings. The Morgan fingerprint density at radius 2 is 2.05 bits per heavy atom. The fraction of sp³-hybridized carbons (Fsp3) is 0.417. The van der Waals surface area contributed by atoms with Gasteiger partial charge in [0.15, 0.2) is 0 Å². The molecule has 0 aromatic heterocycles. The summed E-state index contributed by atoms with van der Waals surface area (Å²) in [5.41, 5.74) is 4.13. The van der Waals surface area contributed by atoms with E-state index in [1.165, 1.54) is 11.9 Å². The summed E-state index contributed by atoms with van der Waals surface area (Å²) in [6.07, 6.45) is -5.30. The smallest absolute Gasteiger partial charge is 0.418 e. The van der Waals surface area contributed by atoms with Gasteiger partial charge in [-0.2, -0.15) is 13.2 Å². The van der Waals surface area contributed by atoms with Crippen LogP contribution in [0, 0.1) is 0 Å². The van der Waals surface area contributed by atoms with Crippen LogP contribution in [-0.4, -0.2) is 24.8 Å². The second-order valence-corrected chi connectivity index (χ2v) is 4.31. The minimum absolute atomic E-state index is 0.0662. The lowest BCUT2D eigenvalue weighted by Crippen LogP contribution is -2.23. The molecule has 0 bridgehead atoms. The van der Waals surface area contributed by atoms with Crippen LogP contribution in [0.3, 0.4) is 0 Å². The van der Waals surface area contributed by atoms with Gasteiger partial charge >= 0.3 is 12.3 Å². The number of rotatable bonds is 4. The lowest BCUT2D eigenvalue weighted by Gasteiger charge is -2.24. The second kappa shape index (κ2) is 5.89. The molecule has 4 N–H and O–H groups in total. The number of carbonyl (C=O) groups is 1. The molecule has 1 rings (SSSR count). The first-order valence-corrected chi connectivity index (χ1v) is 5.88. The standard InChI is InChI=1S/C12H16F3N3O2/c1-3-4-18(2)10-6-9(17-11(19)20)8(16)5-7(10)12(13,14)15/h5-6,17H,3-4,16H2,1-2H3,(H,19,20). The van der Waals surface area contributed by atoms with Crippen molar-refractivity contribution in [3.8, 4) is 0 Å². The van der Waals surface area contributed by atoms with Crippen LogP contribution in [0.5, 0.6) is 0 Å². The third kappa shape index (κ3) is 3.69. The van der Waals surface area contributed by atoms with Gasteiger partial charge in [-0.3, -0.25) is 5.32 Å². The Bertz CT molecular complexity index is 503. The van der Waals surface area contributed by atoms with Crippen molar-refractivity contribution in [2.75, 3.05) is 29.5 Å². The average molecular weight is 291 g/mol. The van der Waals surface area contributed by atoms with Crippen molar-refractivity contribution >= 4 is 23.2 Å². The number of alkyl halides is 3. The van der Waals surface area contributed by atoms with Gasteiger partial charge in [0, 0.05) is 13.6 Å². The highest BCUT2D eigenvalue weighted by Gasteiger charge is 2.35. The van der Waals surface area contributed by atoms with Gasteiger partial charge in [0.2, 0.25) is 0 Å². The van der Waals surface area contributed by atoms with Crippen molar-refractivity contribution in [1.82, 2.24) is 0 Å². The van der Waals surface area contributed by atoms with Gasteiger partial charge in [-0.25, -0.2) is 4.79 Å². The van der Waals surface area contributed by atoms with Crippen molar-refractivity contribution in [3.05, 3.63) is 17.7 Å². The number of nitrogens with one attached hydrogen (secondary N) is 1. The molecule has 0 unspecified atom stereocenters. The summed E-state index contributed by atoms with van der Waals surface area (Å²) in [5.74, 6) is 0. The van der Waals surface area contributed by atoms with Crippen molar-refractivity contribution in [3.63, 3.8) is 0 Å². The number of nitrogens with two attached hydrogens (primary N) is 1. The molecule has 112 valence electrons. The summed E-state index contributed by atoms with van der Waals surface area (Å²) in [6.45, 7) is 2.23.